The number of anilines is 1. The highest BCUT2D eigenvalue weighted by Gasteiger charge is 2.23. The first kappa shape index (κ1) is 16.3. The fourth-order valence-corrected chi connectivity index (χ4v) is 2.55. The van der Waals surface area contributed by atoms with Crippen LogP contribution in [0, 0.1) is 6.92 Å². The van der Waals surface area contributed by atoms with Crippen LogP contribution >= 0.6 is 0 Å². The van der Waals surface area contributed by atoms with Crippen molar-refractivity contribution in [1.82, 2.24) is 10.1 Å². The molecule has 2 aromatic rings. The minimum atomic E-state index is -0.148. The number of carbonyl (C=O) groups excluding carboxylic acids is 1. The molecule has 128 valence electrons. The monoisotopic (exact) mass is 331 g/mol. The van der Waals surface area contributed by atoms with Crippen molar-refractivity contribution in [2.24, 2.45) is 0 Å². The second kappa shape index (κ2) is 7.35. The molecule has 0 radical (unpaired) electrons. The number of nitrogens with one attached hydrogen (secondary N) is 1. The lowest BCUT2D eigenvalue weighted by Gasteiger charge is -2.30. The van der Waals surface area contributed by atoms with Gasteiger partial charge in [-0.1, -0.05) is 24.2 Å². The predicted molar refractivity (Wildman–Crippen MR) is 88.3 cm³/mol. The van der Waals surface area contributed by atoms with E-state index >= 15 is 0 Å². The SMILES string of the molecule is CCN(CC(=O)Nc1cc(C)no1)C[C@@H]1COc2ccccc2O1. The zero-order valence-electron chi connectivity index (χ0n) is 13.8. The molecule has 1 aromatic heterocycles. The highest BCUT2D eigenvalue weighted by molar-refractivity contribution is 5.90. The van der Waals surface area contributed by atoms with Crippen LogP contribution in [0.4, 0.5) is 5.88 Å². The van der Waals surface area contributed by atoms with Crippen LogP contribution in [0.1, 0.15) is 12.6 Å². The van der Waals surface area contributed by atoms with Crippen LogP contribution in [-0.2, 0) is 4.79 Å². The van der Waals surface area contributed by atoms with Crippen molar-refractivity contribution in [1.29, 1.82) is 0 Å². The molecule has 24 heavy (non-hydrogen) atoms. The maximum atomic E-state index is 12.1. The molecule has 0 aliphatic carbocycles. The molecule has 0 spiro atoms. The standard InChI is InChI=1S/C17H21N3O4/c1-3-20(10-16(21)18-17-8-12(2)19-24-17)9-13-11-22-14-6-4-5-7-15(14)23-13/h4-8,13H,3,9-11H2,1-2H3,(H,18,21)/t13-/m1/s1. The number of rotatable bonds is 6. The molecule has 3 rings (SSSR count). The van der Waals surface area contributed by atoms with Crippen LogP contribution in [0.2, 0.25) is 0 Å². The summed E-state index contributed by atoms with van der Waals surface area (Å²) in [4.78, 5) is 14.1. The molecule has 0 saturated carbocycles. The second-order valence-corrected chi connectivity index (χ2v) is 5.71. The van der Waals surface area contributed by atoms with Gasteiger partial charge in [0.25, 0.3) is 0 Å². The number of ether oxygens (including phenoxy) is 2. The third-order valence-corrected chi connectivity index (χ3v) is 3.73. The number of hydrogen-bond acceptors (Lipinski definition) is 6. The molecule has 1 aromatic carbocycles. The van der Waals surface area contributed by atoms with E-state index in [1.54, 1.807) is 13.0 Å². The second-order valence-electron chi connectivity index (χ2n) is 5.71. The van der Waals surface area contributed by atoms with Gasteiger partial charge in [0.05, 0.1) is 12.2 Å². The number of benzene rings is 1. The van der Waals surface area contributed by atoms with E-state index in [1.165, 1.54) is 0 Å². The zero-order valence-corrected chi connectivity index (χ0v) is 13.8. The first-order valence-corrected chi connectivity index (χ1v) is 7.98. The first-order chi connectivity index (χ1) is 11.6. The quantitative estimate of drug-likeness (QED) is 0.873. The van der Waals surface area contributed by atoms with E-state index < -0.39 is 0 Å². The zero-order chi connectivity index (χ0) is 16.9. The summed E-state index contributed by atoms with van der Waals surface area (Å²) in [6.07, 6.45) is -0.111. The van der Waals surface area contributed by atoms with E-state index in [-0.39, 0.29) is 18.6 Å². The number of likely N-dealkylation sites (N-methyl/N-ethyl adjacent to an activating group) is 1. The molecule has 0 fully saturated rings. The number of fused-ring (bicyclic) bond motifs is 1. The number of amides is 1. The average molecular weight is 331 g/mol. The normalized spacial score (nSPS) is 16.2. The van der Waals surface area contributed by atoms with Crippen LogP contribution in [-0.4, -0.2) is 48.3 Å². The molecule has 1 N–H and O–H groups in total. The van der Waals surface area contributed by atoms with Crippen molar-refractivity contribution in [3.63, 3.8) is 0 Å². The van der Waals surface area contributed by atoms with Gasteiger partial charge < -0.3 is 14.0 Å². The molecule has 1 amide bonds. The Balaban J connectivity index is 1.52. The van der Waals surface area contributed by atoms with Crippen molar-refractivity contribution < 1.29 is 18.8 Å². The summed E-state index contributed by atoms with van der Waals surface area (Å²) in [7, 11) is 0. The Labute approximate surface area is 140 Å². The maximum Gasteiger partial charge on any atom is 0.240 e. The number of nitrogens with zero attached hydrogens (tertiary/aromatic N) is 2. The van der Waals surface area contributed by atoms with Gasteiger partial charge in [0.2, 0.25) is 11.8 Å². The van der Waals surface area contributed by atoms with Crippen LogP contribution in [0.15, 0.2) is 34.9 Å². The molecule has 1 aliphatic rings. The predicted octanol–water partition coefficient (Wildman–Crippen LogP) is 2.08. The fourth-order valence-electron chi connectivity index (χ4n) is 2.55. The van der Waals surface area contributed by atoms with E-state index in [0.29, 0.717) is 19.0 Å². The number of hydrogen-bond donors (Lipinski definition) is 1. The number of aryl methyl sites for hydroxylation is 1. The number of carbonyl (C=O) groups is 1. The molecular formula is C17H21N3O4. The topological polar surface area (TPSA) is 76.8 Å². The molecular weight excluding hydrogens is 310 g/mol. The van der Waals surface area contributed by atoms with Crippen molar-refractivity contribution >= 4 is 11.8 Å². The Morgan fingerprint density at radius 2 is 2.17 bits per heavy atom. The van der Waals surface area contributed by atoms with Gasteiger partial charge in [-0.25, -0.2) is 0 Å². The third kappa shape index (κ3) is 4.05. The molecule has 0 saturated heterocycles. The molecule has 7 nitrogen and oxygen atoms in total. The van der Waals surface area contributed by atoms with Crippen LogP contribution in [0.5, 0.6) is 11.5 Å². The molecule has 1 aliphatic heterocycles. The highest BCUT2D eigenvalue weighted by Crippen LogP contribution is 2.30. The Bertz CT molecular complexity index is 701. The molecule has 0 bridgehead atoms. The van der Waals surface area contributed by atoms with Gasteiger partial charge >= 0.3 is 0 Å². The van der Waals surface area contributed by atoms with Gasteiger partial charge in [0.15, 0.2) is 11.5 Å². The summed E-state index contributed by atoms with van der Waals surface area (Å²) in [5, 5.41) is 6.44. The van der Waals surface area contributed by atoms with E-state index in [4.69, 9.17) is 14.0 Å². The number of para-hydroxylation sites is 2. The Morgan fingerprint density at radius 1 is 1.38 bits per heavy atom. The van der Waals surface area contributed by atoms with Gasteiger partial charge in [0.1, 0.15) is 12.7 Å². The summed E-state index contributed by atoms with van der Waals surface area (Å²) in [6.45, 7) is 5.85. The first-order valence-electron chi connectivity index (χ1n) is 7.98. The van der Waals surface area contributed by atoms with Gasteiger partial charge in [-0.3, -0.25) is 15.0 Å². The molecule has 1 atom stereocenters. The minimum Gasteiger partial charge on any atom is -0.486 e. The smallest absolute Gasteiger partial charge is 0.240 e. The van der Waals surface area contributed by atoms with E-state index in [2.05, 4.69) is 10.5 Å². The summed E-state index contributed by atoms with van der Waals surface area (Å²) in [6, 6.07) is 9.28. The highest BCUT2D eigenvalue weighted by atomic mass is 16.6. The van der Waals surface area contributed by atoms with Gasteiger partial charge in [-0.05, 0) is 25.6 Å². The van der Waals surface area contributed by atoms with Crippen LogP contribution in [0.3, 0.4) is 0 Å². The van der Waals surface area contributed by atoms with Crippen LogP contribution in [0.25, 0.3) is 0 Å². The third-order valence-electron chi connectivity index (χ3n) is 3.73. The van der Waals surface area contributed by atoms with Gasteiger partial charge in [-0.2, -0.15) is 0 Å². The summed E-state index contributed by atoms with van der Waals surface area (Å²) in [5.41, 5.74) is 0.726. The van der Waals surface area contributed by atoms with Crippen molar-refractivity contribution in [2.75, 3.05) is 31.6 Å². The van der Waals surface area contributed by atoms with E-state index in [1.807, 2.05) is 36.1 Å². The molecule has 7 heteroatoms. The molecule has 0 unspecified atom stereocenters. The summed E-state index contributed by atoms with van der Waals surface area (Å²) in [5.74, 6) is 1.71. The van der Waals surface area contributed by atoms with Crippen molar-refractivity contribution in [3.05, 3.63) is 36.0 Å². The minimum absolute atomic E-state index is 0.111. The lowest BCUT2D eigenvalue weighted by atomic mass is 10.2. The Hall–Kier alpha value is -2.54. The maximum absolute atomic E-state index is 12.1. The Kier molecular flexibility index (Phi) is 5.00. The largest absolute Gasteiger partial charge is 0.486 e. The van der Waals surface area contributed by atoms with Gasteiger partial charge in [-0.15, -0.1) is 0 Å². The van der Waals surface area contributed by atoms with Crippen LogP contribution < -0.4 is 14.8 Å². The van der Waals surface area contributed by atoms with E-state index in [9.17, 15) is 4.79 Å². The number of aromatic nitrogens is 1. The van der Waals surface area contributed by atoms with Crippen molar-refractivity contribution in [2.45, 2.75) is 20.0 Å². The van der Waals surface area contributed by atoms with E-state index in [0.717, 1.165) is 23.7 Å². The fraction of sp³-hybridized carbons (Fsp3) is 0.412. The molecule has 2 heterocycles. The van der Waals surface area contributed by atoms with Gasteiger partial charge in [0, 0.05) is 12.6 Å². The van der Waals surface area contributed by atoms with Crippen molar-refractivity contribution in [3.8, 4) is 11.5 Å². The summed E-state index contributed by atoms with van der Waals surface area (Å²) >= 11 is 0. The average Bonchev–Trinajstić information content (AvgIpc) is 2.98. The lowest BCUT2D eigenvalue weighted by Crippen LogP contribution is -2.43. The summed E-state index contributed by atoms with van der Waals surface area (Å²) < 4.78 is 16.6. The lowest BCUT2D eigenvalue weighted by molar-refractivity contribution is -0.117. The Morgan fingerprint density at radius 3 is 2.88 bits per heavy atom.